The molecule has 10 heteroatoms. The van der Waals surface area contributed by atoms with Gasteiger partial charge in [0, 0.05) is 6.54 Å². The minimum absolute atomic E-state index is 0.0354. The van der Waals surface area contributed by atoms with Gasteiger partial charge in [0.2, 0.25) is 17.7 Å². The molecule has 10 nitrogen and oxygen atoms in total. The molecular formula is C19H34N4O6. The number of likely N-dealkylation sites (tertiary alicyclic amines) is 1. The van der Waals surface area contributed by atoms with E-state index < -0.39 is 48.6 Å². The number of rotatable bonds is 10. The molecule has 1 saturated heterocycles. The van der Waals surface area contributed by atoms with E-state index in [2.05, 4.69) is 10.6 Å². The van der Waals surface area contributed by atoms with Gasteiger partial charge in [-0.2, -0.15) is 0 Å². The van der Waals surface area contributed by atoms with Gasteiger partial charge in [-0.25, -0.2) is 4.79 Å². The van der Waals surface area contributed by atoms with Crippen molar-refractivity contribution >= 4 is 23.7 Å². The van der Waals surface area contributed by atoms with Gasteiger partial charge in [-0.05, 0) is 24.7 Å². The standard InChI is InChI=1S/C19H34N4O6/c1-5-11(4)14(20)18(27)23-8-6-7-13(23)17(26)21-12(9-24)16(25)22-15(10(2)3)19(28)29/h10-15,24H,5-9,20H2,1-4H3,(H,21,26)(H,22,25)(H,28,29). The van der Waals surface area contributed by atoms with Gasteiger partial charge in [0.25, 0.3) is 0 Å². The summed E-state index contributed by atoms with van der Waals surface area (Å²) in [5, 5.41) is 23.5. The molecular weight excluding hydrogens is 380 g/mol. The molecule has 1 heterocycles. The summed E-state index contributed by atoms with van der Waals surface area (Å²) in [7, 11) is 0. The third-order valence-electron chi connectivity index (χ3n) is 5.43. The fourth-order valence-electron chi connectivity index (χ4n) is 3.22. The summed E-state index contributed by atoms with van der Waals surface area (Å²) in [5.74, 6) is -3.30. The number of nitrogens with two attached hydrogens (primary N) is 1. The summed E-state index contributed by atoms with van der Waals surface area (Å²) in [6.45, 7) is 6.76. The number of nitrogens with zero attached hydrogens (tertiary/aromatic N) is 1. The molecule has 0 aliphatic carbocycles. The maximum atomic E-state index is 12.7. The van der Waals surface area contributed by atoms with Crippen molar-refractivity contribution in [3.05, 3.63) is 0 Å². The number of carboxylic acids is 1. The summed E-state index contributed by atoms with van der Waals surface area (Å²) in [4.78, 5) is 50.4. The highest BCUT2D eigenvalue weighted by atomic mass is 16.4. The number of hydrogen-bond acceptors (Lipinski definition) is 6. The lowest BCUT2D eigenvalue weighted by Crippen LogP contribution is -2.58. The van der Waals surface area contributed by atoms with Crippen LogP contribution in [0.2, 0.25) is 0 Å². The Labute approximate surface area is 171 Å². The monoisotopic (exact) mass is 414 g/mol. The Bertz CT molecular complexity index is 612. The first-order chi connectivity index (χ1) is 13.5. The quantitative estimate of drug-likeness (QED) is 0.308. The van der Waals surface area contributed by atoms with Gasteiger partial charge in [-0.1, -0.05) is 34.1 Å². The number of carbonyl (C=O) groups excluding carboxylic acids is 3. The lowest BCUT2D eigenvalue weighted by molar-refractivity contribution is -0.144. The van der Waals surface area contributed by atoms with E-state index in [0.29, 0.717) is 19.4 Å². The summed E-state index contributed by atoms with van der Waals surface area (Å²) < 4.78 is 0. The molecule has 1 fully saturated rings. The Morgan fingerprint density at radius 2 is 1.79 bits per heavy atom. The summed E-state index contributed by atoms with van der Waals surface area (Å²) in [6, 6.07) is -3.96. The van der Waals surface area contributed by atoms with Gasteiger partial charge >= 0.3 is 5.97 Å². The fourth-order valence-corrected chi connectivity index (χ4v) is 3.22. The number of amides is 3. The van der Waals surface area contributed by atoms with Crippen molar-refractivity contribution < 1.29 is 29.4 Å². The van der Waals surface area contributed by atoms with Crippen LogP contribution in [0, 0.1) is 11.8 Å². The topological polar surface area (TPSA) is 162 Å². The molecule has 0 radical (unpaired) electrons. The van der Waals surface area contributed by atoms with Crippen LogP contribution >= 0.6 is 0 Å². The molecule has 0 spiro atoms. The van der Waals surface area contributed by atoms with Gasteiger partial charge in [0.1, 0.15) is 18.1 Å². The number of aliphatic hydroxyl groups excluding tert-OH is 1. The van der Waals surface area contributed by atoms with E-state index in [1.807, 2.05) is 13.8 Å². The van der Waals surface area contributed by atoms with Crippen LogP contribution < -0.4 is 16.4 Å². The van der Waals surface area contributed by atoms with Crippen LogP contribution in [0.15, 0.2) is 0 Å². The average Bonchev–Trinajstić information content (AvgIpc) is 3.17. The summed E-state index contributed by atoms with van der Waals surface area (Å²) in [5.41, 5.74) is 6.02. The van der Waals surface area contributed by atoms with Crippen molar-refractivity contribution in [2.45, 2.75) is 71.1 Å². The number of nitrogens with one attached hydrogen (secondary N) is 2. The maximum Gasteiger partial charge on any atom is 0.326 e. The first-order valence-corrected chi connectivity index (χ1v) is 10.1. The maximum absolute atomic E-state index is 12.7. The minimum atomic E-state index is -1.32. The van der Waals surface area contributed by atoms with Gasteiger partial charge in [-0.15, -0.1) is 0 Å². The Kier molecular flexibility index (Phi) is 9.51. The molecule has 166 valence electrons. The lowest BCUT2D eigenvalue weighted by atomic mass is 9.98. The number of aliphatic carboxylic acids is 1. The molecule has 5 unspecified atom stereocenters. The number of carbonyl (C=O) groups is 4. The molecule has 1 rings (SSSR count). The zero-order chi connectivity index (χ0) is 22.3. The molecule has 0 aromatic heterocycles. The minimum Gasteiger partial charge on any atom is -0.480 e. The number of hydrogen-bond donors (Lipinski definition) is 5. The normalized spacial score (nSPS) is 20.7. The van der Waals surface area contributed by atoms with Crippen LogP contribution in [0.5, 0.6) is 0 Å². The molecule has 3 amide bonds. The Balaban J connectivity index is 2.81. The van der Waals surface area contributed by atoms with Crippen molar-refractivity contribution in [1.82, 2.24) is 15.5 Å². The van der Waals surface area contributed by atoms with E-state index in [0.717, 1.165) is 6.42 Å². The summed E-state index contributed by atoms with van der Waals surface area (Å²) in [6.07, 6.45) is 1.78. The zero-order valence-electron chi connectivity index (χ0n) is 17.6. The van der Waals surface area contributed by atoms with Gasteiger partial charge in [0.05, 0.1) is 12.6 Å². The third-order valence-corrected chi connectivity index (χ3v) is 5.43. The van der Waals surface area contributed by atoms with Crippen molar-refractivity contribution in [1.29, 1.82) is 0 Å². The summed E-state index contributed by atoms with van der Waals surface area (Å²) >= 11 is 0. The lowest BCUT2D eigenvalue weighted by Gasteiger charge is -2.30. The van der Waals surface area contributed by atoms with Crippen LogP contribution in [0.4, 0.5) is 0 Å². The van der Waals surface area contributed by atoms with E-state index >= 15 is 0 Å². The average molecular weight is 415 g/mol. The van der Waals surface area contributed by atoms with Gasteiger partial charge in [0.15, 0.2) is 0 Å². The van der Waals surface area contributed by atoms with Crippen LogP contribution in [0.3, 0.4) is 0 Å². The SMILES string of the molecule is CCC(C)C(N)C(=O)N1CCCC1C(=O)NC(CO)C(=O)NC(C(=O)O)C(C)C. The predicted molar refractivity (Wildman–Crippen MR) is 106 cm³/mol. The molecule has 5 atom stereocenters. The van der Waals surface area contributed by atoms with E-state index in [9.17, 15) is 29.4 Å². The molecule has 1 aliphatic heterocycles. The second-order valence-electron chi connectivity index (χ2n) is 7.91. The highest BCUT2D eigenvalue weighted by Crippen LogP contribution is 2.20. The van der Waals surface area contributed by atoms with Gasteiger partial charge < -0.3 is 31.5 Å². The van der Waals surface area contributed by atoms with Crippen LogP contribution in [0.1, 0.15) is 47.0 Å². The molecule has 0 bridgehead atoms. The molecule has 6 N–H and O–H groups in total. The van der Waals surface area contributed by atoms with E-state index in [-0.39, 0.29) is 17.7 Å². The van der Waals surface area contributed by atoms with Crippen molar-refractivity contribution in [3.8, 4) is 0 Å². The number of carboxylic acid groups (broad SMARTS) is 1. The van der Waals surface area contributed by atoms with E-state index in [1.54, 1.807) is 13.8 Å². The van der Waals surface area contributed by atoms with Crippen molar-refractivity contribution in [3.63, 3.8) is 0 Å². The third kappa shape index (κ3) is 6.40. The first-order valence-electron chi connectivity index (χ1n) is 10.1. The van der Waals surface area contributed by atoms with Crippen LogP contribution in [-0.2, 0) is 19.2 Å². The van der Waals surface area contributed by atoms with Crippen molar-refractivity contribution in [2.24, 2.45) is 17.6 Å². The molecule has 1 aliphatic rings. The van der Waals surface area contributed by atoms with E-state index in [4.69, 9.17) is 5.73 Å². The molecule has 0 aromatic carbocycles. The molecule has 0 aromatic rings. The second-order valence-corrected chi connectivity index (χ2v) is 7.91. The van der Waals surface area contributed by atoms with Gasteiger partial charge in [-0.3, -0.25) is 14.4 Å². The van der Waals surface area contributed by atoms with Crippen molar-refractivity contribution in [2.75, 3.05) is 13.2 Å². The fraction of sp³-hybridized carbons (Fsp3) is 0.789. The predicted octanol–water partition coefficient (Wildman–Crippen LogP) is -0.947. The largest absolute Gasteiger partial charge is 0.480 e. The van der Waals surface area contributed by atoms with Crippen LogP contribution in [0.25, 0.3) is 0 Å². The molecule has 0 saturated carbocycles. The molecule has 29 heavy (non-hydrogen) atoms. The highest BCUT2D eigenvalue weighted by molar-refractivity contribution is 5.94. The smallest absolute Gasteiger partial charge is 0.326 e. The highest BCUT2D eigenvalue weighted by Gasteiger charge is 2.38. The first kappa shape index (κ1) is 24.8. The Morgan fingerprint density at radius 3 is 2.28 bits per heavy atom. The zero-order valence-corrected chi connectivity index (χ0v) is 17.6. The van der Waals surface area contributed by atoms with E-state index in [1.165, 1.54) is 4.90 Å². The Hall–Kier alpha value is -2.20. The Morgan fingerprint density at radius 1 is 1.17 bits per heavy atom. The van der Waals surface area contributed by atoms with Crippen LogP contribution in [-0.4, -0.2) is 76.1 Å². The number of aliphatic hydroxyl groups is 1. The second kappa shape index (κ2) is 11.1.